The predicted molar refractivity (Wildman–Crippen MR) is 74.3 cm³/mol. The highest BCUT2D eigenvalue weighted by atomic mass is 16.5. The summed E-state index contributed by atoms with van der Waals surface area (Å²) in [4.78, 5) is 12.7. The quantitative estimate of drug-likeness (QED) is 0.816. The predicted octanol–water partition coefficient (Wildman–Crippen LogP) is 2.87. The van der Waals surface area contributed by atoms with Crippen LogP contribution < -0.4 is 10.5 Å². The lowest BCUT2D eigenvalue weighted by molar-refractivity contribution is 0.0816. The molecule has 1 atom stereocenters. The topological polar surface area (TPSA) is 52.3 Å². The van der Waals surface area contributed by atoms with Crippen molar-refractivity contribution in [3.63, 3.8) is 0 Å². The van der Waals surface area contributed by atoms with E-state index in [4.69, 9.17) is 10.5 Å². The Morgan fingerprint density at radius 2 is 2.00 bits per heavy atom. The molecule has 3 heteroatoms. The van der Waals surface area contributed by atoms with Crippen molar-refractivity contribution in [2.45, 2.75) is 34.1 Å². The number of nitrogens with two attached hydrogens (primary N) is 1. The minimum Gasteiger partial charge on any atom is -0.496 e. The fourth-order valence-electron chi connectivity index (χ4n) is 2.08. The van der Waals surface area contributed by atoms with E-state index in [0.29, 0.717) is 17.9 Å². The van der Waals surface area contributed by atoms with Crippen LogP contribution in [0.1, 0.15) is 41.8 Å². The maximum atomic E-state index is 12.7. The van der Waals surface area contributed by atoms with Crippen molar-refractivity contribution < 1.29 is 9.53 Å². The number of carbonyl (C=O) groups is 1. The Morgan fingerprint density at radius 3 is 2.44 bits per heavy atom. The molecule has 0 saturated heterocycles. The van der Waals surface area contributed by atoms with Gasteiger partial charge in [0.25, 0.3) is 0 Å². The molecule has 0 bridgehead atoms. The van der Waals surface area contributed by atoms with Crippen LogP contribution in [0.3, 0.4) is 0 Å². The maximum absolute atomic E-state index is 12.7. The average Bonchev–Trinajstić information content (AvgIpc) is 2.36. The number of ketones is 1. The number of ether oxygens (including phenoxy) is 1. The summed E-state index contributed by atoms with van der Waals surface area (Å²) in [5.41, 5.74) is 7.95. The van der Waals surface area contributed by atoms with E-state index in [9.17, 15) is 4.79 Å². The minimum absolute atomic E-state index is 0.0712. The number of hydrogen-bond acceptors (Lipinski definition) is 3. The molecule has 0 radical (unpaired) electrons. The zero-order valence-corrected chi connectivity index (χ0v) is 12.0. The van der Waals surface area contributed by atoms with Crippen LogP contribution >= 0.6 is 0 Å². The van der Waals surface area contributed by atoms with Crippen LogP contribution in [0.5, 0.6) is 5.75 Å². The second-order valence-electron chi connectivity index (χ2n) is 5.11. The number of benzene rings is 1. The zero-order chi connectivity index (χ0) is 13.9. The van der Waals surface area contributed by atoms with Gasteiger partial charge in [-0.05, 0) is 37.5 Å². The van der Waals surface area contributed by atoms with Gasteiger partial charge in [0.05, 0.1) is 12.7 Å². The van der Waals surface area contributed by atoms with Crippen molar-refractivity contribution in [2.24, 2.45) is 11.1 Å². The Hall–Kier alpha value is -1.35. The lowest BCUT2D eigenvalue weighted by atomic mass is 9.78. The molecule has 0 aliphatic rings. The van der Waals surface area contributed by atoms with Crippen LogP contribution in [0.25, 0.3) is 0 Å². The fraction of sp³-hybridized carbons (Fsp3) is 0.533. The van der Waals surface area contributed by atoms with Gasteiger partial charge < -0.3 is 10.5 Å². The Balaban J connectivity index is 3.37. The lowest BCUT2D eigenvalue weighted by Crippen LogP contribution is -2.35. The largest absolute Gasteiger partial charge is 0.496 e. The van der Waals surface area contributed by atoms with Gasteiger partial charge in [-0.2, -0.15) is 0 Å². The van der Waals surface area contributed by atoms with E-state index in [0.717, 1.165) is 17.5 Å². The average molecular weight is 249 g/mol. The van der Waals surface area contributed by atoms with E-state index in [1.807, 2.05) is 39.8 Å². The van der Waals surface area contributed by atoms with E-state index < -0.39 is 5.41 Å². The minimum atomic E-state index is -0.521. The number of aryl methyl sites for hydroxylation is 2. The third kappa shape index (κ3) is 2.56. The summed E-state index contributed by atoms with van der Waals surface area (Å²) in [6.07, 6.45) is 0.721. The van der Waals surface area contributed by atoms with E-state index >= 15 is 0 Å². The molecule has 100 valence electrons. The summed E-state index contributed by atoms with van der Waals surface area (Å²) in [5.74, 6) is 0.715. The number of methoxy groups -OCH3 is 1. The first-order chi connectivity index (χ1) is 8.39. The summed E-state index contributed by atoms with van der Waals surface area (Å²) in [5, 5.41) is 0. The molecule has 0 amide bonds. The highest BCUT2D eigenvalue weighted by Gasteiger charge is 2.33. The summed E-state index contributed by atoms with van der Waals surface area (Å²) >= 11 is 0. The summed E-state index contributed by atoms with van der Waals surface area (Å²) < 4.78 is 5.35. The van der Waals surface area contributed by atoms with Crippen molar-refractivity contribution in [3.05, 3.63) is 28.8 Å². The lowest BCUT2D eigenvalue weighted by Gasteiger charge is -2.26. The molecule has 1 rings (SSSR count). The van der Waals surface area contributed by atoms with E-state index in [2.05, 4.69) is 0 Å². The molecule has 18 heavy (non-hydrogen) atoms. The standard InChI is InChI=1S/C15H23NO2/c1-6-15(4,9-16)14(17)13-11(3)7-10(2)8-12(13)18-5/h7-8H,6,9,16H2,1-5H3. The van der Waals surface area contributed by atoms with Crippen molar-refractivity contribution in [2.75, 3.05) is 13.7 Å². The van der Waals surface area contributed by atoms with Crippen molar-refractivity contribution in [1.29, 1.82) is 0 Å². The third-order valence-electron chi connectivity index (χ3n) is 3.67. The first-order valence-corrected chi connectivity index (χ1v) is 6.29. The second-order valence-corrected chi connectivity index (χ2v) is 5.11. The molecule has 0 aliphatic carbocycles. The van der Waals surface area contributed by atoms with Crippen molar-refractivity contribution >= 4 is 5.78 Å². The van der Waals surface area contributed by atoms with Gasteiger partial charge in [0.2, 0.25) is 0 Å². The van der Waals surface area contributed by atoms with Crippen molar-refractivity contribution in [3.8, 4) is 5.75 Å². The number of rotatable bonds is 5. The van der Waals surface area contributed by atoms with Gasteiger partial charge in [-0.25, -0.2) is 0 Å². The van der Waals surface area contributed by atoms with Gasteiger partial charge in [-0.1, -0.05) is 19.9 Å². The molecular weight excluding hydrogens is 226 g/mol. The van der Waals surface area contributed by atoms with E-state index in [1.54, 1.807) is 7.11 Å². The maximum Gasteiger partial charge on any atom is 0.173 e. The van der Waals surface area contributed by atoms with Gasteiger partial charge in [-0.15, -0.1) is 0 Å². The zero-order valence-electron chi connectivity index (χ0n) is 12.0. The van der Waals surface area contributed by atoms with Crippen LogP contribution in [0.2, 0.25) is 0 Å². The highest BCUT2D eigenvalue weighted by Crippen LogP contribution is 2.32. The monoisotopic (exact) mass is 249 g/mol. The molecule has 1 aromatic rings. The van der Waals surface area contributed by atoms with E-state index in [-0.39, 0.29) is 5.78 Å². The molecule has 3 nitrogen and oxygen atoms in total. The Bertz CT molecular complexity index is 448. The number of hydrogen-bond donors (Lipinski definition) is 1. The van der Waals surface area contributed by atoms with Crippen LogP contribution in [0.4, 0.5) is 0 Å². The second kappa shape index (κ2) is 5.53. The van der Waals surface area contributed by atoms with Crippen LogP contribution in [0, 0.1) is 19.3 Å². The molecule has 0 fully saturated rings. The molecule has 1 unspecified atom stereocenters. The smallest absolute Gasteiger partial charge is 0.173 e. The summed E-state index contributed by atoms with van der Waals surface area (Å²) in [6, 6.07) is 3.90. The normalized spacial score (nSPS) is 14.1. The first-order valence-electron chi connectivity index (χ1n) is 6.29. The molecule has 0 aromatic heterocycles. The number of carbonyl (C=O) groups excluding carboxylic acids is 1. The Kier molecular flexibility index (Phi) is 4.52. The SMILES string of the molecule is CCC(C)(CN)C(=O)c1c(C)cc(C)cc1OC. The Morgan fingerprint density at radius 1 is 1.39 bits per heavy atom. The third-order valence-corrected chi connectivity index (χ3v) is 3.67. The van der Waals surface area contributed by atoms with Crippen molar-refractivity contribution in [1.82, 2.24) is 0 Å². The van der Waals surface area contributed by atoms with Gasteiger partial charge in [0.1, 0.15) is 5.75 Å². The molecular formula is C15H23NO2. The molecule has 0 aliphatic heterocycles. The Labute approximate surface area is 109 Å². The molecule has 0 heterocycles. The van der Waals surface area contributed by atoms with Gasteiger partial charge in [-0.3, -0.25) is 4.79 Å². The molecule has 1 aromatic carbocycles. The number of Topliss-reactive ketones (excluding diaryl/α,β-unsaturated/α-hetero) is 1. The van der Waals surface area contributed by atoms with Crippen LogP contribution in [0.15, 0.2) is 12.1 Å². The molecule has 2 N–H and O–H groups in total. The highest BCUT2D eigenvalue weighted by molar-refractivity contribution is 6.04. The fourth-order valence-corrected chi connectivity index (χ4v) is 2.08. The van der Waals surface area contributed by atoms with Gasteiger partial charge in [0.15, 0.2) is 5.78 Å². The van der Waals surface area contributed by atoms with Gasteiger partial charge >= 0.3 is 0 Å². The molecule has 0 saturated carbocycles. The molecule has 0 spiro atoms. The summed E-state index contributed by atoms with van der Waals surface area (Å²) in [7, 11) is 1.59. The van der Waals surface area contributed by atoms with Gasteiger partial charge in [0, 0.05) is 12.0 Å². The van der Waals surface area contributed by atoms with E-state index in [1.165, 1.54) is 0 Å². The first kappa shape index (κ1) is 14.7. The van der Waals surface area contributed by atoms with Crippen LogP contribution in [-0.2, 0) is 0 Å². The summed E-state index contributed by atoms with van der Waals surface area (Å²) in [6.45, 7) is 8.18. The van der Waals surface area contributed by atoms with Crippen LogP contribution in [-0.4, -0.2) is 19.4 Å².